The number of aryl methyl sites for hydroxylation is 1. The van der Waals surface area contributed by atoms with Crippen LogP contribution in [0, 0.1) is 0 Å². The molecule has 1 amide bonds. The molecule has 0 aromatic heterocycles. The van der Waals surface area contributed by atoms with E-state index in [4.69, 9.17) is 9.47 Å². The van der Waals surface area contributed by atoms with E-state index in [1.807, 2.05) is 25.1 Å². The number of anilines is 1. The van der Waals surface area contributed by atoms with Crippen LogP contribution in [0.5, 0.6) is 11.5 Å². The number of methoxy groups -OCH3 is 2. The minimum Gasteiger partial charge on any atom is -0.493 e. The second-order valence-corrected chi connectivity index (χ2v) is 7.07. The molecule has 0 saturated carbocycles. The Labute approximate surface area is 161 Å². The average molecular weight is 369 g/mol. The zero-order valence-electron chi connectivity index (χ0n) is 16.6. The summed E-state index contributed by atoms with van der Waals surface area (Å²) >= 11 is 0. The molecule has 5 nitrogen and oxygen atoms in total. The van der Waals surface area contributed by atoms with Crippen molar-refractivity contribution in [3.8, 4) is 11.5 Å². The van der Waals surface area contributed by atoms with Crippen LogP contribution in [0.15, 0.2) is 36.4 Å². The molecule has 1 heterocycles. The van der Waals surface area contributed by atoms with Crippen molar-refractivity contribution in [3.05, 3.63) is 53.1 Å². The van der Waals surface area contributed by atoms with Crippen LogP contribution >= 0.6 is 0 Å². The summed E-state index contributed by atoms with van der Waals surface area (Å²) in [6, 6.07) is 12.0. The molecule has 0 spiro atoms. The third kappa shape index (κ3) is 4.25. The number of ether oxygens (including phenoxy) is 2. The SMILES string of the molecule is CCc1ccc(NC(=O)[C@H](C)[NH+]2CCc3cc(OC)c(OC)cc3C2)cc1. The van der Waals surface area contributed by atoms with Crippen molar-refractivity contribution in [1.29, 1.82) is 0 Å². The Balaban J connectivity index is 1.69. The first-order chi connectivity index (χ1) is 13.0. The van der Waals surface area contributed by atoms with E-state index in [1.165, 1.54) is 21.6 Å². The minimum atomic E-state index is -0.128. The van der Waals surface area contributed by atoms with Gasteiger partial charge in [-0.1, -0.05) is 19.1 Å². The van der Waals surface area contributed by atoms with Gasteiger partial charge in [0.2, 0.25) is 0 Å². The number of hydrogen-bond donors (Lipinski definition) is 2. The van der Waals surface area contributed by atoms with Crippen LogP contribution < -0.4 is 19.7 Å². The number of hydrogen-bond acceptors (Lipinski definition) is 3. The summed E-state index contributed by atoms with van der Waals surface area (Å²) in [5.74, 6) is 1.56. The Morgan fingerprint density at radius 3 is 2.33 bits per heavy atom. The molecule has 0 saturated heterocycles. The van der Waals surface area contributed by atoms with Crippen LogP contribution in [0.3, 0.4) is 0 Å². The number of fused-ring (bicyclic) bond motifs is 1. The van der Waals surface area contributed by atoms with Gasteiger partial charge in [0.25, 0.3) is 5.91 Å². The zero-order chi connectivity index (χ0) is 19.4. The van der Waals surface area contributed by atoms with Crippen molar-refractivity contribution >= 4 is 11.6 Å². The van der Waals surface area contributed by atoms with Crippen molar-refractivity contribution in [3.63, 3.8) is 0 Å². The summed E-state index contributed by atoms with van der Waals surface area (Å²) in [5.41, 5.74) is 4.62. The molecule has 0 bridgehead atoms. The van der Waals surface area contributed by atoms with Crippen LogP contribution in [0.4, 0.5) is 5.69 Å². The fraction of sp³-hybridized carbons (Fsp3) is 0.409. The van der Waals surface area contributed by atoms with E-state index in [0.29, 0.717) is 0 Å². The number of benzene rings is 2. The van der Waals surface area contributed by atoms with Gasteiger partial charge in [-0.3, -0.25) is 4.79 Å². The lowest BCUT2D eigenvalue weighted by atomic mass is 9.97. The highest BCUT2D eigenvalue weighted by Crippen LogP contribution is 2.31. The van der Waals surface area contributed by atoms with Gasteiger partial charge in [-0.2, -0.15) is 0 Å². The lowest BCUT2D eigenvalue weighted by molar-refractivity contribution is -0.929. The molecule has 0 fully saturated rings. The van der Waals surface area contributed by atoms with Gasteiger partial charge in [-0.25, -0.2) is 0 Å². The van der Waals surface area contributed by atoms with Gasteiger partial charge in [-0.15, -0.1) is 0 Å². The molecule has 2 aromatic rings. The van der Waals surface area contributed by atoms with Crippen LogP contribution in [0.2, 0.25) is 0 Å². The Bertz CT molecular complexity index is 802. The van der Waals surface area contributed by atoms with Crippen LogP contribution in [-0.4, -0.2) is 32.7 Å². The maximum absolute atomic E-state index is 12.7. The third-order valence-electron chi connectivity index (χ3n) is 5.47. The molecule has 27 heavy (non-hydrogen) atoms. The van der Waals surface area contributed by atoms with E-state index in [2.05, 4.69) is 30.4 Å². The summed E-state index contributed by atoms with van der Waals surface area (Å²) in [6.45, 7) is 5.85. The molecule has 1 aliphatic heterocycles. The molecular weight excluding hydrogens is 340 g/mol. The predicted molar refractivity (Wildman–Crippen MR) is 107 cm³/mol. The number of carbonyl (C=O) groups is 1. The molecule has 5 heteroatoms. The number of amides is 1. The standard InChI is InChI=1S/C22H28N2O3/c1-5-16-6-8-19(9-7-16)23-22(25)15(2)24-11-10-17-12-20(26-3)21(27-4)13-18(17)14-24/h6-9,12-13,15H,5,10-11,14H2,1-4H3,(H,23,25)/p+1/t15-/m0/s1. The van der Waals surface area contributed by atoms with E-state index in [1.54, 1.807) is 14.2 Å². The molecule has 2 aromatic carbocycles. The van der Waals surface area contributed by atoms with Gasteiger partial charge in [0, 0.05) is 17.7 Å². The van der Waals surface area contributed by atoms with E-state index >= 15 is 0 Å². The number of carbonyl (C=O) groups excluding carboxylic acids is 1. The van der Waals surface area contributed by atoms with Crippen molar-refractivity contribution in [2.45, 2.75) is 39.3 Å². The van der Waals surface area contributed by atoms with Gasteiger partial charge in [0.05, 0.1) is 20.8 Å². The molecule has 1 unspecified atom stereocenters. The molecular formula is C22H29N2O3+. The molecule has 2 atom stereocenters. The highest BCUT2D eigenvalue weighted by molar-refractivity contribution is 5.93. The van der Waals surface area contributed by atoms with Crippen LogP contribution in [0.25, 0.3) is 0 Å². The maximum atomic E-state index is 12.7. The average Bonchev–Trinajstić information content (AvgIpc) is 2.72. The molecule has 2 N–H and O–H groups in total. The normalized spacial score (nSPS) is 17.0. The topological polar surface area (TPSA) is 52.0 Å². The highest BCUT2D eigenvalue weighted by atomic mass is 16.5. The summed E-state index contributed by atoms with van der Waals surface area (Å²) in [5, 5.41) is 3.05. The zero-order valence-corrected chi connectivity index (χ0v) is 16.6. The summed E-state index contributed by atoms with van der Waals surface area (Å²) in [4.78, 5) is 14.0. The first-order valence-electron chi connectivity index (χ1n) is 9.53. The number of rotatable bonds is 6. The van der Waals surface area contributed by atoms with Crippen molar-refractivity contribution in [2.24, 2.45) is 0 Å². The van der Waals surface area contributed by atoms with Crippen LogP contribution in [0.1, 0.15) is 30.5 Å². The smallest absolute Gasteiger partial charge is 0.282 e. The molecule has 144 valence electrons. The fourth-order valence-electron chi connectivity index (χ4n) is 3.62. The molecule has 1 aliphatic rings. The van der Waals surface area contributed by atoms with E-state index in [9.17, 15) is 4.79 Å². The third-order valence-corrected chi connectivity index (χ3v) is 5.47. The van der Waals surface area contributed by atoms with E-state index < -0.39 is 0 Å². The van der Waals surface area contributed by atoms with E-state index in [-0.39, 0.29) is 11.9 Å². The van der Waals surface area contributed by atoms with Crippen molar-refractivity contribution < 1.29 is 19.2 Å². The fourth-order valence-corrected chi connectivity index (χ4v) is 3.62. The monoisotopic (exact) mass is 369 g/mol. The van der Waals surface area contributed by atoms with Crippen LogP contribution in [-0.2, 0) is 24.2 Å². The Morgan fingerprint density at radius 2 is 1.74 bits per heavy atom. The minimum absolute atomic E-state index is 0.0539. The lowest BCUT2D eigenvalue weighted by Crippen LogP contribution is -3.16. The first-order valence-corrected chi connectivity index (χ1v) is 9.53. The second kappa shape index (κ2) is 8.44. The number of quaternary nitrogens is 1. The Morgan fingerprint density at radius 1 is 1.11 bits per heavy atom. The Kier molecular flexibility index (Phi) is 6.01. The van der Waals surface area contributed by atoms with Crippen molar-refractivity contribution in [2.75, 3.05) is 26.1 Å². The van der Waals surface area contributed by atoms with Gasteiger partial charge in [-0.05, 0) is 48.7 Å². The summed E-state index contributed by atoms with van der Waals surface area (Å²) in [6.07, 6.45) is 1.92. The molecule has 0 aliphatic carbocycles. The van der Waals surface area contributed by atoms with E-state index in [0.717, 1.165) is 43.1 Å². The van der Waals surface area contributed by atoms with Gasteiger partial charge < -0.3 is 19.7 Å². The summed E-state index contributed by atoms with van der Waals surface area (Å²) < 4.78 is 10.8. The predicted octanol–water partition coefficient (Wildman–Crippen LogP) is 2.23. The lowest BCUT2D eigenvalue weighted by Gasteiger charge is -2.30. The second-order valence-electron chi connectivity index (χ2n) is 7.07. The van der Waals surface area contributed by atoms with Gasteiger partial charge in [0.15, 0.2) is 17.5 Å². The van der Waals surface area contributed by atoms with Gasteiger partial charge in [0.1, 0.15) is 6.54 Å². The van der Waals surface area contributed by atoms with Gasteiger partial charge >= 0.3 is 0 Å². The Hall–Kier alpha value is -2.53. The summed E-state index contributed by atoms with van der Waals surface area (Å²) in [7, 11) is 3.31. The molecule has 3 rings (SSSR count). The molecule has 0 radical (unpaired) electrons. The maximum Gasteiger partial charge on any atom is 0.282 e. The largest absolute Gasteiger partial charge is 0.493 e. The highest BCUT2D eigenvalue weighted by Gasteiger charge is 2.30. The van der Waals surface area contributed by atoms with Crippen molar-refractivity contribution in [1.82, 2.24) is 0 Å². The quantitative estimate of drug-likeness (QED) is 0.821. The first kappa shape index (κ1) is 19.2. The number of nitrogens with one attached hydrogen (secondary N) is 2.